The lowest BCUT2D eigenvalue weighted by Crippen LogP contribution is -2.03. The van der Waals surface area contributed by atoms with E-state index >= 15 is 0 Å². The highest BCUT2D eigenvalue weighted by Crippen LogP contribution is 2.20. The van der Waals surface area contributed by atoms with Gasteiger partial charge in [0.05, 0.1) is 5.52 Å². The van der Waals surface area contributed by atoms with E-state index in [9.17, 15) is 4.79 Å². The van der Waals surface area contributed by atoms with E-state index in [-0.39, 0.29) is 5.78 Å². The van der Waals surface area contributed by atoms with Crippen molar-refractivity contribution in [1.82, 2.24) is 4.98 Å². The van der Waals surface area contributed by atoms with Crippen molar-refractivity contribution in [2.75, 3.05) is 0 Å². The second-order valence-corrected chi connectivity index (χ2v) is 5.16. The van der Waals surface area contributed by atoms with E-state index in [4.69, 9.17) is 0 Å². The van der Waals surface area contributed by atoms with Gasteiger partial charge in [0.25, 0.3) is 0 Å². The Morgan fingerprint density at radius 2 is 1.90 bits per heavy atom. The van der Waals surface area contributed by atoms with Crippen LogP contribution in [0, 0.1) is 0 Å². The smallest absolute Gasteiger partial charge is 0.193 e. The third-order valence-electron chi connectivity index (χ3n) is 3.62. The Balaban J connectivity index is 2.06. The van der Waals surface area contributed by atoms with E-state index in [2.05, 4.69) is 18.0 Å². The van der Waals surface area contributed by atoms with Gasteiger partial charge in [-0.2, -0.15) is 0 Å². The molecule has 0 saturated carbocycles. The molecule has 104 valence electrons. The summed E-state index contributed by atoms with van der Waals surface area (Å²) in [5.74, 6) is 0.0616. The molecule has 1 heterocycles. The van der Waals surface area contributed by atoms with E-state index in [0.29, 0.717) is 5.56 Å². The van der Waals surface area contributed by atoms with Gasteiger partial charge in [0, 0.05) is 22.7 Å². The fourth-order valence-corrected chi connectivity index (χ4v) is 2.61. The molecule has 0 unspecified atom stereocenters. The van der Waals surface area contributed by atoms with Gasteiger partial charge in [-0.3, -0.25) is 9.78 Å². The quantitative estimate of drug-likeness (QED) is 0.660. The fourth-order valence-electron chi connectivity index (χ4n) is 2.61. The number of ketones is 1. The maximum absolute atomic E-state index is 12.8. The van der Waals surface area contributed by atoms with Gasteiger partial charge in [-0.25, -0.2) is 0 Å². The number of aromatic nitrogens is 1. The zero-order valence-electron chi connectivity index (χ0n) is 12.0. The second-order valence-electron chi connectivity index (χ2n) is 5.16. The topological polar surface area (TPSA) is 30.0 Å². The van der Waals surface area contributed by atoms with Crippen LogP contribution >= 0.6 is 0 Å². The van der Waals surface area contributed by atoms with Gasteiger partial charge in [0.1, 0.15) is 0 Å². The molecular formula is C19H17NO. The first-order valence-electron chi connectivity index (χ1n) is 7.27. The molecule has 0 amide bonds. The summed E-state index contributed by atoms with van der Waals surface area (Å²) in [6, 6.07) is 17.5. The third-order valence-corrected chi connectivity index (χ3v) is 3.62. The molecule has 0 aliphatic heterocycles. The standard InChI is InChI=1S/C19H17NO/c1-2-6-14-7-5-8-15(13-14)19(21)17-11-12-20-18-10-4-3-9-16(17)18/h3-5,7-13H,2,6H2,1H3. The third kappa shape index (κ3) is 2.70. The molecule has 0 aliphatic rings. The molecule has 3 rings (SSSR count). The van der Waals surface area contributed by atoms with Gasteiger partial charge < -0.3 is 0 Å². The van der Waals surface area contributed by atoms with Crippen LogP contribution in [-0.4, -0.2) is 10.8 Å². The molecule has 2 aromatic carbocycles. The van der Waals surface area contributed by atoms with Crippen molar-refractivity contribution in [3.05, 3.63) is 77.5 Å². The Morgan fingerprint density at radius 3 is 2.76 bits per heavy atom. The lowest BCUT2D eigenvalue weighted by Gasteiger charge is -2.07. The van der Waals surface area contributed by atoms with E-state index in [1.807, 2.05) is 42.5 Å². The van der Waals surface area contributed by atoms with Crippen molar-refractivity contribution in [3.63, 3.8) is 0 Å². The van der Waals surface area contributed by atoms with Crippen LogP contribution in [0.15, 0.2) is 60.8 Å². The number of rotatable bonds is 4. The molecule has 2 heteroatoms. The lowest BCUT2D eigenvalue weighted by atomic mass is 9.97. The molecule has 0 atom stereocenters. The molecule has 0 fully saturated rings. The number of pyridine rings is 1. The predicted octanol–water partition coefficient (Wildman–Crippen LogP) is 4.42. The van der Waals surface area contributed by atoms with E-state index in [0.717, 1.165) is 29.3 Å². The molecule has 0 bridgehead atoms. The zero-order valence-corrected chi connectivity index (χ0v) is 12.0. The number of benzene rings is 2. The van der Waals surface area contributed by atoms with Crippen LogP contribution in [0.3, 0.4) is 0 Å². The summed E-state index contributed by atoms with van der Waals surface area (Å²) < 4.78 is 0. The molecule has 0 spiro atoms. The number of nitrogens with zero attached hydrogens (tertiary/aromatic N) is 1. The SMILES string of the molecule is CCCc1cccc(C(=O)c2ccnc3ccccc23)c1. The van der Waals surface area contributed by atoms with E-state index < -0.39 is 0 Å². The van der Waals surface area contributed by atoms with Crippen molar-refractivity contribution in [2.24, 2.45) is 0 Å². The molecular weight excluding hydrogens is 258 g/mol. The maximum atomic E-state index is 12.8. The summed E-state index contributed by atoms with van der Waals surface area (Å²) in [5.41, 5.74) is 3.53. The van der Waals surface area contributed by atoms with Crippen molar-refractivity contribution in [2.45, 2.75) is 19.8 Å². The normalized spacial score (nSPS) is 10.7. The van der Waals surface area contributed by atoms with Crippen molar-refractivity contribution < 1.29 is 4.79 Å². The predicted molar refractivity (Wildman–Crippen MR) is 85.6 cm³/mol. The first kappa shape index (κ1) is 13.5. The largest absolute Gasteiger partial charge is 0.289 e. The van der Waals surface area contributed by atoms with Crippen molar-refractivity contribution in [1.29, 1.82) is 0 Å². The molecule has 0 N–H and O–H groups in total. The Bertz CT molecular complexity index is 787. The number of carbonyl (C=O) groups excluding carboxylic acids is 1. The monoisotopic (exact) mass is 275 g/mol. The highest BCUT2D eigenvalue weighted by atomic mass is 16.1. The Hall–Kier alpha value is -2.48. The fraction of sp³-hybridized carbons (Fsp3) is 0.158. The minimum absolute atomic E-state index is 0.0616. The van der Waals surface area contributed by atoms with Gasteiger partial charge >= 0.3 is 0 Å². The summed E-state index contributed by atoms with van der Waals surface area (Å²) in [6.07, 6.45) is 3.78. The van der Waals surface area contributed by atoms with Gasteiger partial charge in [0.2, 0.25) is 0 Å². The highest BCUT2D eigenvalue weighted by molar-refractivity contribution is 6.15. The summed E-state index contributed by atoms with van der Waals surface area (Å²) >= 11 is 0. The van der Waals surface area contributed by atoms with E-state index in [1.165, 1.54) is 5.56 Å². The van der Waals surface area contributed by atoms with Gasteiger partial charge in [-0.1, -0.05) is 49.7 Å². The van der Waals surface area contributed by atoms with Crippen LogP contribution in [0.2, 0.25) is 0 Å². The summed E-state index contributed by atoms with van der Waals surface area (Å²) in [7, 11) is 0. The summed E-state index contributed by atoms with van der Waals surface area (Å²) in [5, 5.41) is 0.908. The molecule has 3 aromatic rings. The van der Waals surface area contributed by atoms with Crippen molar-refractivity contribution in [3.8, 4) is 0 Å². The first-order chi connectivity index (χ1) is 10.3. The average Bonchev–Trinajstić information content (AvgIpc) is 2.54. The van der Waals surface area contributed by atoms with Gasteiger partial charge in [0.15, 0.2) is 5.78 Å². The Kier molecular flexibility index (Phi) is 3.78. The molecule has 0 aliphatic carbocycles. The molecule has 0 radical (unpaired) electrons. The molecule has 1 aromatic heterocycles. The van der Waals surface area contributed by atoms with Crippen LogP contribution in [0.25, 0.3) is 10.9 Å². The minimum atomic E-state index is 0.0616. The van der Waals surface area contributed by atoms with Gasteiger partial charge in [-0.15, -0.1) is 0 Å². The second kappa shape index (κ2) is 5.88. The average molecular weight is 275 g/mol. The van der Waals surface area contributed by atoms with Gasteiger partial charge in [-0.05, 0) is 30.2 Å². The summed E-state index contributed by atoms with van der Waals surface area (Å²) in [4.78, 5) is 17.1. The molecule has 21 heavy (non-hydrogen) atoms. The highest BCUT2D eigenvalue weighted by Gasteiger charge is 2.13. The number of hydrogen-bond donors (Lipinski definition) is 0. The van der Waals surface area contributed by atoms with Crippen LogP contribution < -0.4 is 0 Å². The van der Waals surface area contributed by atoms with Crippen LogP contribution in [0.4, 0.5) is 0 Å². The number of para-hydroxylation sites is 1. The Labute approximate surface area is 124 Å². The Morgan fingerprint density at radius 1 is 1.05 bits per heavy atom. The number of carbonyl (C=O) groups is 1. The van der Waals surface area contributed by atoms with Crippen LogP contribution in [0.1, 0.15) is 34.8 Å². The summed E-state index contributed by atoms with van der Waals surface area (Å²) in [6.45, 7) is 2.14. The molecule has 0 saturated heterocycles. The van der Waals surface area contributed by atoms with Crippen LogP contribution in [0.5, 0.6) is 0 Å². The lowest BCUT2D eigenvalue weighted by molar-refractivity contribution is 0.104. The van der Waals surface area contributed by atoms with Crippen molar-refractivity contribution >= 4 is 16.7 Å². The zero-order chi connectivity index (χ0) is 14.7. The van der Waals surface area contributed by atoms with E-state index in [1.54, 1.807) is 12.3 Å². The number of hydrogen-bond acceptors (Lipinski definition) is 2. The minimum Gasteiger partial charge on any atom is -0.289 e. The maximum Gasteiger partial charge on any atom is 0.193 e. The van der Waals surface area contributed by atoms with Crippen LogP contribution in [-0.2, 0) is 6.42 Å². The molecule has 2 nitrogen and oxygen atoms in total. The number of fused-ring (bicyclic) bond motifs is 1. The number of aryl methyl sites for hydroxylation is 1. The first-order valence-corrected chi connectivity index (χ1v) is 7.27.